The van der Waals surface area contributed by atoms with Crippen molar-refractivity contribution in [2.75, 3.05) is 0 Å². The van der Waals surface area contributed by atoms with Crippen LogP contribution in [0.1, 0.15) is 12.0 Å². The number of carboxylic acid groups (broad SMARTS) is 1. The predicted molar refractivity (Wildman–Crippen MR) is 55.2 cm³/mol. The van der Waals surface area contributed by atoms with Gasteiger partial charge in [-0.2, -0.15) is 0 Å². The van der Waals surface area contributed by atoms with E-state index in [4.69, 9.17) is 16.7 Å². The molecule has 2 nitrogen and oxygen atoms in total. The summed E-state index contributed by atoms with van der Waals surface area (Å²) in [5, 5.41) is 9.00. The molecule has 0 aliphatic heterocycles. The minimum Gasteiger partial charge on any atom is -0.481 e. The second kappa shape index (κ2) is 5.31. The molecule has 0 aliphatic carbocycles. The Hall–Kier alpha value is -1.46. The number of hydrogen-bond donors (Lipinski definition) is 1. The maximum atomic E-state index is 10.1. The van der Waals surface area contributed by atoms with Gasteiger partial charge in [0.15, 0.2) is 0 Å². The Balaban J connectivity index is 2.52. The van der Waals surface area contributed by atoms with Crippen LogP contribution in [0.4, 0.5) is 0 Å². The molecular formula is C11H9ClO2. The lowest BCUT2D eigenvalue weighted by atomic mass is 10.1. The van der Waals surface area contributed by atoms with Crippen LogP contribution in [-0.4, -0.2) is 11.1 Å². The quantitative estimate of drug-likeness (QED) is 0.758. The van der Waals surface area contributed by atoms with E-state index in [0.717, 1.165) is 5.56 Å². The molecule has 3 heteroatoms. The number of carboxylic acids is 1. The van der Waals surface area contributed by atoms with Gasteiger partial charge in [-0.1, -0.05) is 35.6 Å². The molecule has 14 heavy (non-hydrogen) atoms. The second-order valence-corrected chi connectivity index (χ2v) is 3.17. The SMILES string of the molecule is O=C(O)CC#CCc1cccc(Cl)c1. The number of rotatable bonds is 2. The Kier molecular flexibility index (Phi) is 4.03. The van der Waals surface area contributed by atoms with Crippen LogP contribution in [0, 0.1) is 11.8 Å². The predicted octanol–water partition coefficient (Wildman–Crippen LogP) is 2.36. The van der Waals surface area contributed by atoms with Crippen molar-refractivity contribution in [1.82, 2.24) is 0 Å². The van der Waals surface area contributed by atoms with Crippen LogP contribution in [0.25, 0.3) is 0 Å². The zero-order valence-corrected chi connectivity index (χ0v) is 8.21. The fraction of sp³-hybridized carbons (Fsp3) is 0.182. The average Bonchev–Trinajstić information content (AvgIpc) is 2.12. The Morgan fingerprint density at radius 2 is 2.21 bits per heavy atom. The lowest BCUT2D eigenvalue weighted by molar-refractivity contribution is -0.135. The van der Waals surface area contributed by atoms with Crippen LogP contribution >= 0.6 is 11.6 Å². The van der Waals surface area contributed by atoms with Crippen molar-refractivity contribution >= 4 is 17.6 Å². The van der Waals surface area contributed by atoms with Gasteiger partial charge in [0.1, 0.15) is 6.42 Å². The van der Waals surface area contributed by atoms with Crippen LogP contribution in [0.3, 0.4) is 0 Å². The minimum absolute atomic E-state index is 0.111. The molecule has 1 N–H and O–H groups in total. The summed E-state index contributed by atoms with van der Waals surface area (Å²) >= 11 is 5.77. The van der Waals surface area contributed by atoms with Crippen molar-refractivity contribution in [2.45, 2.75) is 12.8 Å². The Bertz CT molecular complexity index is 388. The Morgan fingerprint density at radius 3 is 2.86 bits per heavy atom. The van der Waals surface area contributed by atoms with E-state index >= 15 is 0 Å². The standard InChI is InChI=1S/C11H9ClO2/c12-10-6-3-5-9(8-10)4-1-2-7-11(13)14/h3,5-6,8H,4,7H2,(H,13,14). The molecule has 72 valence electrons. The van der Waals surface area contributed by atoms with Gasteiger partial charge in [-0.3, -0.25) is 4.79 Å². The minimum atomic E-state index is -0.899. The third-order valence-corrected chi connectivity index (χ3v) is 1.78. The number of benzene rings is 1. The van der Waals surface area contributed by atoms with Gasteiger partial charge in [0.25, 0.3) is 0 Å². The van der Waals surface area contributed by atoms with Crippen molar-refractivity contribution in [1.29, 1.82) is 0 Å². The summed E-state index contributed by atoms with van der Waals surface area (Å²) in [5.74, 6) is 4.43. The molecule has 0 unspecified atom stereocenters. The van der Waals surface area contributed by atoms with E-state index in [0.29, 0.717) is 11.4 Å². The molecule has 0 saturated carbocycles. The highest BCUT2D eigenvalue weighted by Crippen LogP contribution is 2.10. The monoisotopic (exact) mass is 208 g/mol. The van der Waals surface area contributed by atoms with E-state index in [2.05, 4.69) is 11.8 Å². The molecule has 0 atom stereocenters. The van der Waals surface area contributed by atoms with Gasteiger partial charge in [0, 0.05) is 11.4 Å². The normalized spacial score (nSPS) is 8.93. The molecular weight excluding hydrogens is 200 g/mol. The van der Waals surface area contributed by atoms with E-state index in [-0.39, 0.29) is 6.42 Å². The highest BCUT2D eigenvalue weighted by molar-refractivity contribution is 6.30. The first-order valence-corrected chi connectivity index (χ1v) is 4.48. The van der Waals surface area contributed by atoms with Gasteiger partial charge in [-0.15, -0.1) is 0 Å². The Labute approximate surface area is 87.5 Å². The van der Waals surface area contributed by atoms with Gasteiger partial charge in [-0.25, -0.2) is 0 Å². The first-order chi connectivity index (χ1) is 6.68. The van der Waals surface area contributed by atoms with Gasteiger partial charge >= 0.3 is 5.97 Å². The fourth-order valence-corrected chi connectivity index (χ4v) is 1.16. The third kappa shape index (κ3) is 3.97. The fourth-order valence-electron chi connectivity index (χ4n) is 0.950. The lowest BCUT2D eigenvalue weighted by Gasteiger charge is -1.94. The van der Waals surface area contributed by atoms with Crippen LogP contribution in [0.15, 0.2) is 24.3 Å². The topological polar surface area (TPSA) is 37.3 Å². The van der Waals surface area contributed by atoms with Crippen molar-refractivity contribution in [3.8, 4) is 11.8 Å². The van der Waals surface area contributed by atoms with E-state index < -0.39 is 5.97 Å². The van der Waals surface area contributed by atoms with Gasteiger partial charge < -0.3 is 5.11 Å². The lowest BCUT2D eigenvalue weighted by Crippen LogP contribution is -1.90. The van der Waals surface area contributed by atoms with Crippen LogP contribution in [0.5, 0.6) is 0 Å². The molecule has 0 aromatic heterocycles. The van der Waals surface area contributed by atoms with Crippen molar-refractivity contribution < 1.29 is 9.90 Å². The molecule has 0 spiro atoms. The van der Waals surface area contributed by atoms with Crippen molar-refractivity contribution in [2.24, 2.45) is 0 Å². The summed E-state index contributed by atoms with van der Waals surface area (Å²) in [5.41, 5.74) is 0.996. The smallest absolute Gasteiger partial charge is 0.315 e. The van der Waals surface area contributed by atoms with E-state index in [1.54, 1.807) is 6.07 Å². The largest absolute Gasteiger partial charge is 0.481 e. The third-order valence-electron chi connectivity index (χ3n) is 1.55. The van der Waals surface area contributed by atoms with Gasteiger partial charge in [0.05, 0.1) is 0 Å². The molecule has 0 aliphatic rings. The summed E-state index contributed by atoms with van der Waals surface area (Å²) in [7, 11) is 0. The molecule has 0 saturated heterocycles. The molecule has 1 rings (SSSR count). The van der Waals surface area contributed by atoms with Crippen molar-refractivity contribution in [3.05, 3.63) is 34.9 Å². The molecule has 1 aromatic carbocycles. The summed E-state index contributed by atoms with van der Waals surface area (Å²) in [6, 6.07) is 7.35. The number of hydrogen-bond acceptors (Lipinski definition) is 1. The highest BCUT2D eigenvalue weighted by Gasteiger charge is 1.91. The maximum absolute atomic E-state index is 10.1. The van der Waals surface area contributed by atoms with E-state index in [1.807, 2.05) is 18.2 Å². The first kappa shape index (κ1) is 10.6. The van der Waals surface area contributed by atoms with Crippen LogP contribution < -0.4 is 0 Å². The summed E-state index contributed by atoms with van der Waals surface area (Å²) in [6.07, 6.45) is 0.425. The molecule has 0 heterocycles. The van der Waals surface area contributed by atoms with E-state index in [9.17, 15) is 4.79 Å². The molecule has 0 bridgehead atoms. The van der Waals surface area contributed by atoms with Crippen LogP contribution in [0.2, 0.25) is 5.02 Å². The van der Waals surface area contributed by atoms with Crippen molar-refractivity contribution in [3.63, 3.8) is 0 Å². The summed E-state index contributed by atoms with van der Waals surface area (Å²) in [4.78, 5) is 10.1. The number of aliphatic carboxylic acids is 1. The molecule has 1 aromatic rings. The van der Waals surface area contributed by atoms with E-state index in [1.165, 1.54) is 0 Å². The van der Waals surface area contributed by atoms with Gasteiger partial charge in [0.2, 0.25) is 0 Å². The maximum Gasteiger partial charge on any atom is 0.315 e. The molecule has 0 amide bonds. The first-order valence-electron chi connectivity index (χ1n) is 4.10. The number of carbonyl (C=O) groups is 1. The van der Waals surface area contributed by atoms with Crippen LogP contribution in [-0.2, 0) is 11.2 Å². The Morgan fingerprint density at radius 1 is 1.43 bits per heavy atom. The van der Waals surface area contributed by atoms with Gasteiger partial charge in [-0.05, 0) is 17.7 Å². The molecule has 0 fully saturated rings. The second-order valence-electron chi connectivity index (χ2n) is 2.73. The molecule has 0 radical (unpaired) electrons. The average molecular weight is 209 g/mol. The summed E-state index contributed by atoms with van der Waals surface area (Å²) < 4.78 is 0. The number of halogens is 1. The highest BCUT2D eigenvalue weighted by atomic mass is 35.5. The summed E-state index contributed by atoms with van der Waals surface area (Å²) in [6.45, 7) is 0. The zero-order chi connectivity index (χ0) is 10.4. The zero-order valence-electron chi connectivity index (χ0n) is 7.46.